The lowest BCUT2D eigenvalue weighted by molar-refractivity contribution is 0.0957. The molecule has 0 aliphatic heterocycles. The molecule has 1 unspecified atom stereocenters. The lowest BCUT2D eigenvalue weighted by Gasteiger charge is -2.08. The van der Waals surface area contributed by atoms with Crippen molar-refractivity contribution in [3.8, 4) is 0 Å². The zero-order valence-corrected chi connectivity index (χ0v) is 12.7. The van der Waals surface area contributed by atoms with Crippen LogP contribution in [0.15, 0.2) is 6.07 Å². The van der Waals surface area contributed by atoms with Crippen LogP contribution in [0.1, 0.15) is 52.2 Å². The number of fused-ring (bicyclic) bond motifs is 1. The van der Waals surface area contributed by atoms with E-state index in [1.165, 1.54) is 42.5 Å². The Labute approximate surface area is 123 Å². The van der Waals surface area contributed by atoms with Gasteiger partial charge in [-0.15, -0.1) is 22.9 Å². The summed E-state index contributed by atoms with van der Waals surface area (Å²) in [6.45, 7) is 0.605. The SMILES string of the molecule is O=C(NCC(Cl)C1CC1)c1cc2c(s1)CCCCC2. The van der Waals surface area contributed by atoms with Gasteiger partial charge in [0.2, 0.25) is 0 Å². The molecule has 0 bridgehead atoms. The first-order chi connectivity index (χ1) is 9.24. The predicted molar refractivity (Wildman–Crippen MR) is 80.3 cm³/mol. The van der Waals surface area contributed by atoms with Crippen LogP contribution in [0.4, 0.5) is 0 Å². The van der Waals surface area contributed by atoms with Crippen LogP contribution in [0.5, 0.6) is 0 Å². The number of nitrogens with one attached hydrogen (secondary N) is 1. The number of hydrogen-bond acceptors (Lipinski definition) is 2. The minimum atomic E-state index is 0.0596. The molecule has 2 aliphatic rings. The Kier molecular flexibility index (Phi) is 4.13. The quantitative estimate of drug-likeness (QED) is 0.665. The van der Waals surface area contributed by atoms with E-state index in [9.17, 15) is 4.79 Å². The molecule has 0 spiro atoms. The number of carbonyl (C=O) groups is 1. The lowest BCUT2D eigenvalue weighted by atomic mass is 10.1. The van der Waals surface area contributed by atoms with Crippen LogP contribution in [-0.4, -0.2) is 17.8 Å². The summed E-state index contributed by atoms with van der Waals surface area (Å²) in [5.41, 5.74) is 1.40. The summed E-state index contributed by atoms with van der Waals surface area (Å²) >= 11 is 7.90. The van der Waals surface area contributed by atoms with Crippen LogP contribution in [0.2, 0.25) is 0 Å². The number of hydrogen-bond donors (Lipinski definition) is 1. The monoisotopic (exact) mass is 297 g/mol. The van der Waals surface area contributed by atoms with Gasteiger partial charge in [-0.05, 0) is 56.1 Å². The molecule has 1 aromatic heterocycles. The van der Waals surface area contributed by atoms with Crippen molar-refractivity contribution in [3.63, 3.8) is 0 Å². The van der Waals surface area contributed by atoms with Gasteiger partial charge in [-0.1, -0.05) is 6.42 Å². The van der Waals surface area contributed by atoms with Crippen molar-refractivity contribution in [2.75, 3.05) is 6.54 Å². The summed E-state index contributed by atoms with van der Waals surface area (Å²) in [6, 6.07) is 2.10. The molecule has 1 aromatic rings. The van der Waals surface area contributed by atoms with Gasteiger partial charge >= 0.3 is 0 Å². The lowest BCUT2D eigenvalue weighted by Crippen LogP contribution is -2.30. The highest BCUT2D eigenvalue weighted by molar-refractivity contribution is 7.14. The minimum Gasteiger partial charge on any atom is -0.350 e. The Morgan fingerprint density at radius 2 is 2.16 bits per heavy atom. The van der Waals surface area contributed by atoms with Crippen LogP contribution in [0, 0.1) is 5.92 Å². The Morgan fingerprint density at radius 3 is 2.95 bits per heavy atom. The van der Waals surface area contributed by atoms with Crippen molar-refractivity contribution in [1.82, 2.24) is 5.32 Å². The molecule has 3 rings (SSSR count). The second-order valence-electron chi connectivity index (χ2n) is 5.68. The van der Waals surface area contributed by atoms with Crippen molar-refractivity contribution in [2.45, 2.75) is 50.3 Å². The molecular weight excluding hydrogens is 278 g/mol. The molecule has 2 nitrogen and oxygen atoms in total. The van der Waals surface area contributed by atoms with Crippen LogP contribution in [0.3, 0.4) is 0 Å². The molecule has 1 atom stereocenters. The van der Waals surface area contributed by atoms with Gasteiger partial charge in [0.1, 0.15) is 0 Å². The van der Waals surface area contributed by atoms with E-state index in [-0.39, 0.29) is 11.3 Å². The van der Waals surface area contributed by atoms with E-state index in [0.717, 1.165) is 17.7 Å². The Morgan fingerprint density at radius 1 is 1.37 bits per heavy atom. The number of aryl methyl sites for hydroxylation is 2. The fourth-order valence-corrected chi connectivity index (χ4v) is 4.18. The zero-order chi connectivity index (χ0) is 13.2. The average Bonchev–Trinajstić information content (AvgIpc) is 3.21. The molecule has 19 heavy (non-hydrogen) atoms. The van der Waals surface area contributed by atoms with Crippen molar-refractivity contribution >= 4 is 28.8 Å². The molecule has 0 radical (unpaired) electrons. The smallest absolute Gasteiger partial charge is 0.261 e. The van der Waals surface area contributed by atoms with Crippen LogP contribution < -0.4 is 5.32 Å². The van der Waals surface area contributed by atoms with E-state index in [1.54, 1.807) is 11.3 Å². The highest BCUT2D eigenvalue weighted by atomic mass is 35.5. The van der Waals surface area contributed by atoms with Gasteiger partial charge in [-0.25, -0.2) is 0 Å². The molecule has 1 fully saturated rings. The van der Waals surface area contributed by atoms with Gasteiger partial charge in [0.15, 0.2) is 0 Å². The van der Waals surface area contributed by atoms with Gasteiger partial charge in [-0.3, -0.25) is 4.79 Å². The summed E-state index contributed by atoms with van der Waals surface area (Å²) in [5, 5.41) is 3.10. The Balaban J connectivity index is 1.60. The number of thiophene rings is 1. The molecule has 1 N–H and O–H groups in total. The molecule has 0 aromatic carbocycles. The molecule has 1 heterocycles. The minimum absolute atomic E-state index is 0.0596. The third kappa shape index (κ3) is 3.32. The van der Waals surface area contributed by atoms with E-state index in [4.69, 9.17) is 11.6 Å². The first-order valence-electron chi connectivity index (χ1n) is 7.28. The van der Waals surface area contributed by atoms with Crippen molar-refractivity contribution in [3.05, 3.63) is 21.4 Å². The zero-order valence-electron chi connectivity index (χ0n) is 11.1. The van der Waals surface area contributed by atoms with Gasteiger partial charge < -0.3 is 5.32 Å². The van der Waals surface area contributed by atoms with Crippen molar-refractivity contribution in [1.29, 1.82) is 0 Å². The maximum Gasteiger partial charge on any atom is 0.261 e. The highest BCUT2D eigenvalue weighted by Crippen LogP contribution is 2.35. The predicted octanol–water partition coefficient (Wildman–Crippen LogP) is 3.76. The van der Waals surface area contributed by atoms with Gasteiger partial charge in [0.05, 0.1) is 10.3 Å². The first kappa shape index (κ1) is 13.4. The topological polar surface area (TPSA) is 29.1 Å². The standard InChI is InChI=1S/C15H20ClNOS/c16-12(10-6-7-10)9-17-15(18)14-8-11-4-2-1-3-5-13(11)19-14/h8,10,12H,1-7,9H2,(H,17,18). The Bertz CT molecular complexity index is 443. The first-order valence-corrected chi connectivity index (χ1v) is 8.53. The van der Waals surface area contributed by atoms with E-state index in [1.807, 2.05) is 0 Å². The summed E-state index contributed by atoms with van der Waals surface area (Å²) in [6.07, 6.45) is 8.57. The second-order valence-corrected chi connectivity index (χ2v) is 7.38. The van der Waals surface area contributed by atoms with Gasteiger partial charge in [0, 0.05) is 11.4 Å². The summed E-state index contributed by atoms with van der Waals surface area (Å²) < 4.78 is 0. The normalized spacial score (nSPS) is 20.5. The van der Waals surface area contributed by atoms with E-state index in [0.29, 0.717) is 12.5 Å². The fraction of sp³-hybridized carbons (Fsp3) is 0.667. The molecule has 4 heteroatoms. The van der Waals surface area contributed by atoms with Crippen LogP contribution in [-0.2, 0) is 12.8 Å². The second kappa shape index (κ2) is 5.84. The van der Waals surface area contributed by atoms with Crippen LogP contribution >= 0.6 is 22.9 Å². The van der Waals surface area contributed by atoms with Crippen molar-refractivity contribution < 1.29 is 4.79 Å². The number of amides is 1. The number of halogens is 1. The number of carbonyl (C=O) groups excluding carboxylic acids is 1. The maximum absolute atomic E-state index is 12.1. The average molecular weight is 298 g/mol. The molecule has 1 saturated carbocycles. The number of rotatable bonds is 4. The van der Waals surface area contributed by atoms with Crippen molar-refractivity contribution in [2.24, 2.45) is 5.92 Å². The van der Waals surface area contributed by atoms with Gasteiger partial charge in [-0.2, -0.15) is 0 Å². The van der Waals surface area contributed by atoms with Gasteiger partial charge in [0.25, 0.3) is 5.91 Å². The largest absolute Gasteiger partial charge is 0.350 e. The summed E-state index contributed by atoms with van der Waals surface area (Å²) in [7, 11) is 0. The molecular formula is C15H20ClNOS. The van der Waals surface area contributed by atoms with E-state index < -0.39 is 0 Å². The third-order valence-electron chi connectivity index (χ3n) is 4.06. The van der Waals surface area contributed by atoms with E-state index >= 15 is 0 Å². The van der Waals surface area contributed by atoms with Crippen LogP contribution in [0.25, 0.3) is 0 Å². The van der Waals surface area contributed by atoms with E-state index in [2.05, 4.69) is 11.4 Å². The fourth-order valence-electron chi connectivity index (χ4n) is 2.68. The number of alkyl halides is 1. The highest BCUT2D eigenvalue weighted by Gasteiger charge is 2.30. The summed E-state index contributed by atoms with van der Waals surface area (Å²) in [4.78, 5) is 14.4. The molecule has 2 aliphatic carbocycles. The maximum atomic E-state index is 12.1. The molecule has 1 amide bonds. The molecule has 0 saturated heterocycles. The Hall–Kier alpha value is -0.540. The third-order valence-corrected chi connectivity index (χ3v) is 5.81. The summed E-state index contributed by atoms with van der Waals surface area (Å²) in [5.74, 6) is 0.686. The molecule has 104 valence electrons.